The zero-order valence-corrected chi connectivity index (χ0v) is 6.49. The number of hydrogen-bond acceptors (Lipinski definition) is 4. The summed E-state index contributed by atoms with van der Waals surface area (Å²) in [6.07, 6.45) is 1.04. The quantitative estimate of drug-likeness (QED) is 0.261. The summed E-state index contributed by atoms with van der Waals surface area (Å²) in [5.41, 5.74) is -1.84. The minimum atomic E-state index is -1.84. The molecule has 11 heavy (non-hydrogen) atoms. The Balaban J connectivity index is 3.64. The van der Waals surface area contributed by atoms with Crippen molar-refractivity contribution in [1.82, 2.24) is 0 Å². The van der Waals surface area contributed by atoms with Crippen molar-refractivity contribution in [2.45, 2.75) is 31.9 Å². The molecule has 0 spiro atoms. The largest absolute Gasteiger partial charge is 0.396 e. The van der Waals surface area contributed by atoms with Gasteiger partial charge in [0, 0.05) is 20.0 Å². The molecule has 0 aliphatic rings. The standard InChI is InChI=1S/C6H13NO4/c1-6(9,7(10)11)4-2-3-5-8/h8-9H,2-5H2,1H3. The minimum Gasteiger partial charge on any atom is -0.396 e. The van der Waals surface area contributed by atoms with E-state index < -0.39 is 10.6 Å². The molecular formula is C6H13NO4. The molecule has 1 unspecified atom stereocenters. The van der Waals surface area contributed by atoms with Gasteiger partial charge in [-0.3, -0.25) is 10.1 Å². The highest BCUT2D eigenvalue weighted by molar-refractivity contribution is 4.57. The average molecular weight is 163 g/mol. The first-order chi connectivity index (χ1) is 5.00. The highest BCUT2D eigenvalue weighted by Gasteiger charge is 2.32. The van der Waals surface area contributed by atoms with Gasteiger partial charge >= 0.3 is 5.72 Å². The van der Waals surface area contributed by atoms with E-state index in [1.54, 1.807) is 0 Å². The summed E-state index contributed by atoms with van der Waals surface area (Å²) in [7, 11) is 0. The van der Waals surface area contributed by atoms with Crippen LogP contribution in [-0.4, -0.2) is 27.5 Å². The van der Waals surface area contributed by atoms with Crippen LogP contribution in [0, 0.1) is 10.1 Å². The summed E-state index contributed by atoms with van der Waals surface area (Å²) < 4.78 is 0. The van der Waals surface area contributed by atoms with Crippen molar-refractivity contribution < 1.29 is 15.1 Å². The molecule has 0 bridgehead atoms. The van der Waals surface area contributed by atoms with E-state index in [9.17, 15) is 10.1 Å². The molecule has 0 aromatic rings. The Morgan fingerprint density at radius 1 is 1.55 bits per heavy atom. The predicted octanol–water partition coefficient (Wildman–Crippen LogP) is 0.134. The zero-order valence-electron chi connectivity index (χ0n) is 6.49. The third kappa shape index (κ3) is 3.90. The zero-order chi connectivity index (χ0) is 8.91. The fourth-order valence-electron chi connectivity index (χ4n) is 0.663. The van der Waals surface area contributed by atoms with E-state index in [2.05, 4.69) is 0 Å². The maximum Gasteiger partial charge on any atom is 0.319 e. The Kier molecular flexibility index (Phi) is 3.99. The highest BCUT2D eigenvalue weighted by Crippen LogP contribution is 2.13. The van der Waals surface area contributed by atoms with Crippen molar-refractivity contribution in [2.75, 3.05) is 6.61 Å². The highest BCUT2D eigenvalue weighted by atomic mass is 16.7. The second-order valence-corrected chi connectivity index (χ2v) is 2.65. The number of aliphatic hydroxyl groups excluding tert-OH is 1. The SMILES string of the molecule is CC(O)(CCCCO)[N+](=O)[O-]. The molecule has 1 atom stereocenters. The lowest BCUT2D eigenvalue weighted by molar-refractivity contribution is -0.620. The van der Waals surface area contributed by atoms with Crippen molar-refractivity contribution >= 4 is 0 Å². The summed E-state index contributed by atoms with van der Waals surface area (Å²) in [5, 5.41) is 27.5. The van der Waals surface area contributed by atoms with E-state index >= 15 is 0 Å². The van der Waals surface area contributed by atoms with Crippen LogP contribution < -0.4 is 0 Å². The number of hydrogen-bond donors (Lipinski definition) is 2. The maximum absolute atomic E-state index is 10.1. The fraction of sp³-hybridized carbons (Fsp3) is 1.00. The van der Waals surface area contributed by atoms with Gasteiger partial charge in [-0.25, -0.2) is 0 Å². The monoisotopic (exact) mass is 163 g/mol. The van der Waals surface area contributed by atoms with E-state index in [4.69, 9.17) is 10.2 Å². The van der Waals surface area contributed by atoms with E-state index in [1.165, 1.54) is 0 Å². The third-order valence-electron chi connectivity index (χ3n) is 1.45. The van der Waals surface area contributed by atoms with Gasteiger partial charge in [-0.05, 0) is 12.8 Å². The van der Waals surface area contributed by atoms with Gasteiger partial charge in [0.25, 0.3) is 0 Å². The summed E-state index contributed by atoms with van der Waals surface area (Å²) >= 11 is 0. The van der Waals surface area contributed by atoms with E-state index in [-0.39, 0.29) is 13.0 Å². The van der Waals surface area contributed by atoms with Crippen LogP contribution in [0.1, 0.15) is 26.2 Å². The first kappa shape index (κ1) is 10.3. The molecule has 0 aliphatic carbocycles. The molecule has 66 valence electrons. The van der Waals surface area contributed by atoms with Crippen molar-refractivity contribution in [2.24, 2.45) is 0 Å². The summed E-state index contributed by atoms with van der Waals surface area (Å²) in [5.74, 6) is 0. The van der Waals surface area contributed by atoms with Gasteiger partial charge in [0.05, 0.1) is 4.92 Å². The minimum absolute atomic E-state index is 0.00773. The van der Waals surface area contributed by atoms with Crippen LogP contribution in [0.15, 0.2) is 0 Å². The van der Waals surface area contributed by atoms with Gasteiger partial charge in [0.2, 0.25) is 0 Å². The Morgan fingerprint density at radius 2 is 2.09 bits per heavy atom. The molecule has 0 aromatic heterocycles. The lowest BCUT2D eigenvalue weighted by Gasteiger charge is -2.12. The van der Waals surface area contributed by atoms with Crippen LogP contribution in [-0.2, 0) is 0 Å². The molecule has 0 aliphatic heterocycles. The Morgan fingerprint density at radius 3 is 2.45 bits per heavy atom. The number of nitro groups is 1. The molecule has 0 rings (SSSR count). The molecule has 0 fully saturated rings. The van der Waals surface area contributed by atoms with Crippen LogP contribution in [0.3, 0.4) is 0 Å². The van der Waals surface area contributed by atoms with E-state index in [1.807, 2.05) is 0 Å². The molecule has 2 N–H and O–H groups in total. The summed E-state index contributed by atoms with van der Waals surface area (Å²) in [6, 6.07) is 0. The molecular weight excluding hydrogens is 150 g/mol. The number of aliphatic hydroxyl groups is 2. The van der Waals surface area contributed by atoms with Gasteiger partial charge in [-0.2, -0.15) is 0 Å². The van der Waals surface area contributed by atoms with Gasteiger partial charge in [0.15, 0.2) is 0 Å². The second-order valence-electron chi connectivity index (χ2n) is 2.65. The Hall–Kier alpha value is -0.680. The predicted molar refractivity (Wildman–Crippen MR) is 38.6 cm³/mol. The molecule has 0 aromatic carbocycles. The van der Waals surface area contributed by atoms with Gasteiger partial charge in [-0.1, -0.05) is 0 Å². The average Bonchev–Trinajstić information content (AvgIpc) is 1.88. The van der Waals surface area contributed by atoms with Gasteiger partial charge < -0.3 is 10.2 Å². The molecule has 5 nitrogen and oxygen atoms in total. The number of nitrogens with zero attached hydrogens (tertiary/aromatic N) is 1. The van der Waals surface area contributed by atoms with Crippen molar-refractivity contribution in [3.63, 3.8) is 0 Å². The molecule has 0 saturated carbocycles. The first-order valence-corrected chi connectivity index (χ1v) is 3.48. The van der Waals surface area contributed by atoms with Crippen molar-refractivity contribution in [1.29, 1.82) is 0 Å². The van der Waals surface area contributed by atoms with E-state index in [0.29, 0.717) is 12.8 Å². The summed E-state index contributed by atoms with van der Waals surface area (Å²) in [4.78, 5) is 9.39. The molecule has 0 heterocycles. The van der Waals surface area contributed by atoms with Crippen molar-refractivity contribution in [3.8, 4) is 0 Å². The lowest BCUT2D eigenvalue weighted by Crippen LogP contribution is -2.34. The molecule has 0 saturated heterocycles. The normalized spacial score (nSPS) is 15.9. The number of unbranched alkanes of at least 4 members (excludes halogenated alkanes) is 1. The van der Waals surface area contributed by atoms with Crippen LogP contribution >= 0.6 is 0 Å². The smallest absolute Gasteiger partial charge is 0.319 e. The van der Waals surface area contributed by atoms with E-state index in [0.717, 1.165) is 6.92 Å². The third-order valence-corrected chi connectivity index (χ3v) is 1.45. The van der Waals surface area contributed by atoms with Crippen molar-refractivity contribution in [3.05, 3.63) is 10.1 Å². The van der Waals surface area contributed by atoms with Gasteiger partial charge in [-0.15, -0.1) is 0 Å². The molecule has 5 heteroatoms. The van der Waals surface area contributed by atoms with Crippen LogP contribution in [0.2, 0.25) is 0 Å². The molecule has 0 radical (unpaired) electrons. The lowest BCUT2D eigenvalue weighted by atomic mass is 10.1. The maximum atomic E-state index is 10.1. The fourth-order valence-corrected chi connectivity index (χ4v) is 0.663. The second kappa shape index (κ2) is 4.25. The Bertz CT molecular complexity index is 135. The molecule has 0 amide bonds. The topological polar surface area (TPSA) is 83.6 Å². The first-order valence-electron chi connectivity index (χ1n) is 3.48. The summed E-state index contributed by atoms with van der Waals surface area (Å²) in [6.45, 7) is 1.16. The Labute approximate surface area is 64.8 Å². The van der Waals surface area contributed by atoms with Gasteiger partial charge in [0.1, 0.15) is 0 Å². The van der Waals surface area contributed by atoms with Crippen LogP contribution in [0.4, 0.5) is 0 Å². The van der Waals surface area contributed by atoms with Crippen LogP contribution in [0.25, 0.3) is 0 Å². The number of rotatable bonds is 5. The van der Waals surface area contributed by atoms with Crippen LogP contribution in [0.5, 0.6) is 0 Å².